The Hall–Kier alpha value is -0.570. The number of amides is 1. The van der Waals surface area contributed by atoms with Crippen molar-refractivity contribution in [2.75, 3.05) is 6.54 Å². The van der Waals surface area contributed by atoms with Gasteiger partial charge in [-0.15, -0.1) is 0 Å². The van der Waals surface area contributed by atoms with E-state index in [4.69, 9.17) is 5.73 Å². The van der Waals surface area contributed by atoms with E-state index >= 15 is 0 Å². The van der Waals surface area contributed by atoms with Gasteiger partial charge >= 0.3 is 0 Å². The van der Waals surface area contributed by atoms with Crippen LogP contribution in [0.3, 0.4) is 0 Å². The van der Waals surface area contributed by atoms with Crippen molar-refractivity contribution >= 4 is 5.91 Å². The van der Waals surface area contributed by atoms with Gasteiger partial charge < -0.3 is 10.6 Å². The topological polar surface area (TPSA) is 46.3 Å². The Balaban J connectivity index is 4.35. The van der Waals surface area contributed by atoms with Crippen LogP contribution >= 0.6 is 0 Å². The molecule has 0 heterocycles. The Morgan fingerprint density at radius 3 is 2.13 bits per heavy atom. The van der Waals surface area contributed by atoms with E-state index in [2.05, 4.69) is 20.8 Å². The molecule has 90 valence electrons. The molecule has 0 saturated heterocycles. The second kappa shape index (κ2) is 6.83. The first-order valence-corrected chi connectivity index (χ1v) is 5.96. The van der Waals surface area contributed by atoms with Crippen LogP contribution in [0.4, 0.5) is 0 Å². The zero-order valence-electron chi connectivity index (χ0n) is 10.8. The summed E-state index contributed by atoms with van der Waals surface area (Å²) in [6.45, 7) is 11.1. The Kier molecular flexibility index (Phi) is 6.57. The van der Waals surface area contributed by atoms with E-state index < -0.39 is 0 Å². The lowest BCUT2D eigenvalue weighted by Gasteiger charge is -2.29. The van der Waals surface area contributed by atoms with Gasteiger partial charge in [-0.2, -0.15) is 0 Å². The number of nitrogens with zero attached hydrogens (tertiary/aromatic N) is 1. The number of hydrogen-bond donors (Lipinski definition) is 1. The molecule has 1 atom stereocenters. The minimum absolute atomic E-state index is 0.0977. The van der Waals surface area contributed by atoms with Crippen LogP contribution < -0.4 is 5.73 Å². The van der Waals surface area contributed by atoms with Gasteiger partial charge in [-0.1, -0.05) is 20.8 Å². The number of rotatable bonds is 6. The van der Waals surface area contributed by atoms with Crippen LogP contribution in [0.1, 0.15) is 47.5 Å². The normalized spacial score (nSPS) is 13.3. The second-order valence-corrected chi connectivity index (χ2v) is 4.86. The van der Waals surface area contributed by atoms with Crippen molar-refractivity contribution in [2.45, 2.75) is 59.5 Å². The smallest absolute Gasteiger partial charge is 0.239 e. The number of carbonyl (C=O) groups excluding carboxylic acids is 1. The van der Waals surface area contributed by atoms with Crippen LogP contribution in [0.5, 0.6) is 0 Å². The van der Waals surface area contributed by atoms with E-state index in [0.717, 1.165) is 19.4 Å². The van der Waals surface area contributed by atoms with E-state index in [1.165, 1.54) is 0 Å². The van der Waals surface area contributed by atoms with E-state index in [0.29, 0.717) is 5.92 Å². The third-order valence-electron chi connectivity index (χ3n) is 2.41. The summed E-state index contributed by atoms with van der Waals surface area (Å²) in [6.07, 6.45) is 1.75. The summed E-state index contributed by atoms with van der Waals surface area (Å²) in [5.74, 6) is 0.570. The fourth-order valence-electron chi connectivity index (χ4n) is 1.69. The summed E-state index contributed by atoms with van der Waals surface area (Å²) in [4.78, 5) is 13.9. The highest BCUT2D eigenvalue weighted by molar-refractivity contribution is 5.81. The highest BCUT2D eigenvalue weighted by Gasteiger charge is 2.22. The van der Waals surface area contributed by atoms with E-state index in [1.54, 1.807) is 0 Å². The third kappa shape index (κ3) is 5.17. The largest absolute Gasteiger partial charge is 0.339 e. The summed E-state index contributed by atoms with van der Waals surface area (Å²) in [7, 11) is 0. The summed E-state index contributed by atoms with van der Waals surface area (Å²) in [5, 5.41) is 0. The van der Waals surface area contributed by atoms with Crippen LogP contribution in [0, 0.1) is 5.92 Å². The molecule has 0 unspecified atom stereocenters. The zero-order valence-corrected chi connectivity index (χ0v) is 10.8. The molecule has 3 heteroatoms. The van der Waals surface area contributed by atoms with Crippen molar-refractivity contribution in [2.24, 2.45) is 11.7 Å². The fourth-order valence-corrected chi connectivity index (χ4v) is 1.69. The Bertz CT molecular complexity index is 190. The van der Waals surface area contributed by atoms with Crippen molar-refractivity contribution < 1.29 is 4.79 Å². The van der Waals surface area contributed by atoms with Crippen molar-refractivity contribution in [3.63, 3.8) is 0 Å². The van der Waals surface area contributed by atoms with Crippen molar-refractivity contribution in [1.82, 2.24) is 4.90 Å². The lowest BCUT2D eigenvalue weighted by molar-refractivity contribution is -0.134. The quantitative estimate of drug-likeness (QED) is 0.735. The number of nitrogens with two attached hydrogens (primary N) is 1. The molecule has 0 spiro atoms. The lowest BCUT2D eigenvalue weighted by Crippen LogP contribution is -2.47. The maximum atomic E-state index is 12.0. The van der Waals surface area contributed by atoms with Crippen molar-refractivity contribution in [3.05, 3.63) is 0 Å². The molecular weight excluding hydrogens is 188 g/mol. The van der Waals surface area contributed by atoms with Gasteiger partial charge in [-0.3, -0.25) is 4.79 Å². The summed E-state index contributed by atoms with van der Waals surface area (Å²) >= 11 is 0. The molecule has 0 fully saturated rings. The maximum Gasteiger partial charge on any atom is 0.239 e. The molecule has 0 aliphatic rings. The first-order valence-electron chi connectivity index (χ1n) is 5.96. The SMILES string of the molecule is CCCN(C(=O)[C@H](N)CC(C)C)C(C)C. The van der Waals surface area contributed by atoms with Crippen molar-refractivity contribution in [3.8, 4) is 0 Å². The molecule has 0 aromatic rings. The van der Waals surface area contributed by atoms with Gasteiger partial charge in [0.15, 0.2) is 0 Å². The Morgan fingerprint density at radius 2 is 1.80 bits per heavy atom. The molecule has 15 heavy (non-hydrogen) atoms. The van der Waals surface area contributed by atoms with Crippen LogP contribution in [0.15, 0.2) is 0 Å². The summed E-state index contributed by atoms with van der Waals surface area (Å²) in [5.41, 5.74) is 5.90. The molecule has 0 bridgehead atoms. The Morgan fingerprint density at radius 1 is 1.27 bits per heavy atom. The maximum absolute atomic E-state index is 12.0. The highest BCUT2D eigenvalue weighted by atomic mass is 16.2. The van der Waals surface area contributed by atoms with Gasteiger partial charge in [-0.05, 0) is 32.6 Å². The standard InChI is InChI=1S/C12H26N2O/c1-6-7-14(10(4)5)12(15)11(13)8-9(2)3/h9-11H,6-8,13H2,1-5H3/t11-/m1/s1. The van der Waals surface area contributed by atoms with Gasteiger partial charge in [0.1, 0.15) is 0 Å². The van der Waals surface area contributed by atoms with Crippen molar-refractivity contribution in [1.29, 1.82) is 0 Å². The zero-order chi connectivity index (χ0) is 12.0. The minimum atomic E-state index is -0.334. The third-order valence-corrected chi connectivity index (χ3v) is 2.41. The first-order chi connectivity index (χ1) is 6.90. The summed E-state index contributed by atoms with van der Waals surface area (Å²) in [6, 6.07) is -0.0883. The molecule has 0 rings (SSSR count). The second-order valence-electron chi connectivity index (χ2n) is 4.86. The molecular formula is C12H26N2O. The number of carbonyl (C=O) groups is 1. The monoisotopic (exact) mass is 214 g/mol. The molecule has 0 aliphatic heterocycles. The summed E-state index contributed by atoms with van der Waals surface area (Å²) < 4.78 is 0. The Labute approximate surface area is 94.0 Å². The molecule has 0 aromatic heterocycles. The van der Waals surface area contributed by atoms with E-state index in [-0.39, 0.29) is 18.0 Å². The molecule has 2 N–H and O–H groups in total. The van der Waals surface area contributed by atoms with Gasteiger partial charge in [0.25, 0.3) is 0 Å². The van der Waals surface area contributed by atoms with Gasteiger partial charge in [-0.25, -0.2) is 0 Å². The molecule has 0 saturated carbocycles. The molecule has 0 aliphatic carbocycles. The fraction of sp³-hybridized carbons (Fsp3) is 0.917. The predicted octanol–water partition coefficient (Wildman–Crippen LogP) is 2.01. The average Bonchev–Trinajstić information content (AvgIpc) is 2.11. The van der Waals surface area contributed by atoms with Gasteiger partial charge in [0, 0.05) is 12.6 Å². The van der Waals surface area contributed by atoms with Gasteiger partial charge in [0.2, 0.25) is 5.91 Å². The predicted molar refractivity (Wildman–Crippen MR) is 64.6 cm³/mol. The van der Waals surface area contributed by atoms with Gasteiger partial charge in [0.05, 0.1) is 6.04 Å². The number of hydrogen-bond acceptors (Lipinski definition) is 2. The van der Waals surface area contributed by atoms with Crippen LogP contribution in [-0.4, -0.2) is 29.4 Å². The molecule has 0 aromatic carbocycles. The van der Waals surface area contributed by atoms with Crippen LogP contribution in [-0.2, 0) is 4.79 Å². The first kappa shape index (κ1) is 14.4. The molecule has 1 amide bonds. The lowest BCUT2D eigenvalue weighted by atomic mass is 10.0. The average molecular weight is 214 g/mol. The van der Waals surface area contributed by atoms with E-state index in [9.17, 15) is 4.79 Å². The van der Waals surface area contributed by atoms with E-state index in [1.807, 2.05) is 18.7 Å². The minimum Gasteiger partial charge on any atom is -0.339 e. The van der Waals surface area contributed by atoms with Crippen LogP contribution in [0.25, 0.3) is 0 Å². The molecule has 3 nitrogen and oxygen atoms in total. The van der Waals surface area contributed by atoms with Crippen LogP contribution in [0.2, 0.25) is 0 Å². The highest BCUT2D eigenvalue weighted by Crippen LogP contribution is 2.08. The molecule has 0 radical (unpaired) electrons.